The summed E-state index contributed by atoms with van der Waals surface area (Å²) in [6, 6.07) is 12.6. The molecule has 0 aliphatic rings. The van der Waals surface area contributed by atoms with Crippen molar-refractivity contribution >= 4 is 28.6 Å². The Balaban J connectivity index is 1.63. The fourth-order valence-corrected chi connectivity index (χ4v) is 3.53. The van der Waals surface area contributed by atoms with E-state index in [0.717, 1.165) is 27.6 Å². The summed E-state index contributed by atoms with van der Waals surface area (Å²) in [5, 5.41) is 4.57. The summed E-state index contributed by atoms with van der Waals surface area (Å²) in [7, 11) is 0. The van der Waals surface area contributed by atoms with E-state index in [9.17, 15) is 13.6 Å². The highest BCUT2D eigenvalue weighted by molar-refractivity contribution is 7.99. The molecule has 0 spiro atoms. The van der Waals surface area contributed by atoms with Crippen molar-refractivity contribution in [2.45, 2.75) is 24.9 Å². The Kier molecular flexibility index (Phi) is 5.52. The number of benzene rings is 2. The Morgan fingerprint density at radius 1 is 1.19 bits per heavy atom. The molecule has 0 aliphatic heterocycles. The summed E-state index contributed by atoms with van der Waals surface area (Å²) in [6.45, 7) is 3.67. The zero-order valence-electron chi connectivity index (χ0n) is 14.4. The maximum absolute atomic E-state index is 13.8. The zero-order chi connectivity index (χ0) is 18.7. The molecule has 1 unspecified atom stereocenters. The standard InChI is InChI=1S/C20H18F2N2OS/c1-12-9-20(24-18-6-4-3-5-15(12)18)26-11-19(25)23-13(2)16-8-7-14(21)10-17(16)22/h3-10,13H,11H2,1-2H3,(H,23,25). The Morgan fingerprint density at radius 2 is 1.96 bits per heavy atom. The van der Waals surface area contributed by atoms with Crippen molar-refractivity contribution in [3.05, 3.63) is 71.3 Å². The first-order chi connectivity index (χ1) is 12.4. The molecule has 3 aromatic rings. The van der Waals surface area contributed by atoms with Gasteiger partial charge in [0.2, 0.25) is 5.91 Å². The summed E-state index contributed by atoms with van der Waals surface area (Å²) >= 11 is 1.32. The van der Waals surface area contributed by atoms with E-state index >= 15 is 0 Å². The number of aromatic nitrogens is 1. The predicted molar refractivity (Wildman–Crippen MR) is 100 cm³/mol. The first kappa shape index (κ1) is 18.3. The van der Waals surface area contributed by atoms with Gasteiger partial charge in [-0.05, 0) is 37.6 Å². The van der Waals surface area contributed by atoms with Crippen LogP contribution in [0.25, 0.3) is 10.9 Å². The third-order valence-electron chi connectivity index (χ3n) is 4.06. The zero-order valence-corrected chi connectivity index (χ0v) is 15.2. The first-order valence-corrected chi connectivity index (χ1v) is 9.16. The van der Waals surface area contributed by atoms with Gasteiger partial charge in [0.25, 0.3) is 0 Å². The number of fused-ring (bicyclic) bond motifs is 1. The van der Waals surface area contributed by atoms with Crippen molar-refractivity contribution in [2.24, 2.45) is 0 Å². The maximum Gasteiger partial charge on any atom is 0.230 e. The number of amides is 1. The molecule has 1 aromatic heterocycles. The van der Waals surface area contributed by atoms with Crippen LogP contribution in [0.3, 0.4) is 0 Å². The summed E-state index contributed by atoms with van der Waals surface area (Å²) in [5.41, 5.74) is 2.24. The van der Waals surface area contributed by atoms with Crippen LogP contribution in [0.2, 0.25) is 0 Å². The highest BCUT2D eigenvalue weighted by Crippen LogP contribution is 2.24. The van der Waals surface area contributed by atoms with E-state index in [-0.39, 0.29) is 17.2 Å². The van der Waals surface area contributed by atoms with E-state index in [4.69, 9.17) is 0 Å². The maximum atomic E-state index is 13.8. The predicted octanol–water partition coefficient (Wildman–Crippen LogP) is 4.79. The molecule has 1 atom stereocenters. The number of thioether (sulfide) groups is 1. The second-order valence-electron chi connectivity index (χ2n) is 6.04. The number of aryl methyl sites for hydroxylation is 1. The van der Waals surface area contributed by atoms with E-state index in [1.165, 1.54) is 23.9 Å². The Bertz CT molecular complexity index is 962. The molecule has 0 radical (unpaired) electrons. The smallest absolute Gasteiger partial charge is 0.230 e. The fraction of sp³-hybridized carbons (Fsp3) is 0.200. The van der Waals surface area contributed by atoms with Gasteiger partial charge in [0.15, 0.2) is 0 Å². The van der Waals surface area contributed by atoms with Crippen LogP contribution in [-0.2, 0) is 4.79 Å². The molecule has 3 nitrogen and oxygen atoms in total. The molecule has 0 fully saturated rings. The number of carbonyl (C=O) groups is 1. The minimum Gasteiger partial charge on any atom is -0.349 e. The van der Waals surface area contributed by atoms with Crippen molar-refractivity contribution in [1.29, 1.82) is 0 Å². The van der Waals surface area contributed by atoms with Gasteiger partial charge in [-0.2, -0.15) is 0 Å². The van der Waals surface area contributed by atoms with Gasteiger partial charge in [-0.1, -0.05) is 36.0 Å². The van der Waals surface area contributed by atoms with E-state index in [1.807, 2.05) is 37.3 Å². The molecular formula is C20H18F2N2OS. The molecule has 1 amide bonds. The van der Waals surface area contributed by atoms with Gasteiger partial charge in [-0.15, -0.1) is 0 Å². The van der Waals surface area contributed by atoms with Crippen LogP contribution in [0.4, 0.5) is 8.78 Å². The molecule has 0 bridgehead atoms. The first-order valence-electron chi connectivity index (χ1n) is 8.17. The third kappa shape index (κ3) is 4.19. The van der Waals surface area contributed by atoms with Crippen LogP contribution in [-0.4, -0.2) is 16.6 Å². The monoisotopic (exact) mass is 372 g/mol. The Hall–Kier alpha value is -2.47. The van der Waals surface area contributed by atoms with Gasteiger partial charge in [0, 0.05) is 17.0 Å². The van der Waals surface area contributed by atoms with Gasteiger partial charge in [-0.3, -0.25) is 4.79 Å². The largest absolute Gasteiger partial charge is 0.349 e. The molecule has 2 aromatic carbocycles. The molecule has 1 heterocycles. The van der Waals surface area contributed by atoms with Crippen LogP contribution in [0.5, 0.6) is 0 Å². The quantitative estimate of drug-likeness (QED) is 0.655. The normalized spacial score (nSPS) is 12.2. The second-order valence-corrected chi connectivity index (χ2v) is 7.03. The number of hydrogen-bond acceptors (Lipinski definition) is 3. The van der Waals surface area contributed by atoms with Gasteiger partial charge in [0.05, 0.1) is 22.3 Å². The summed E-state index contributed by atoms with van der Waals surface area (Å²) in [4.78, 5) is 16.7. The van der Waals surface area contributed by atoms with Crippen molar-refractivity contribution in [3.8, 4) is 0 Å². The number of nitrogens with zero attached hydrogens (tertiary/aromatic N) is 1. The molecule has 0 saturated carbocycles. The van der Waals surface area contributed by atoms with Crippen molar-refractivity contribution in [3.63, 3.8) is 0 Å². The van der Waals surface area contributed by atoms with E-state index in [2.05, 4.69) is 10.3 Å². The molecule has 3 rings (SSSR count). The molecule has 0 saturated heterocycles. The lowest BCUT2D eigenvalue weighted by atomic mass is 10.1. The minimum absolute atomic E-state index is 0.165. The average molecular weight is 372 g/mol. The number of hydrogen-bond donors (Lipinski definition) is 1. The van der Waals surface area contributed by atoms with E-state index < -0.39 is 17.7 Å². The summed E-state index contributed by atoms with van der Waals surface area (Å²) in [5.74, 6) is -1.38. The number of para-hydroxylation sites is 1. The third-order valence-corrected chi connectivity index (χ3v) is 4.97. The Morgan fingerprint density at radius 3 is 2.73 bits per heavy atom. The lowest BCUT2D eigenvalue weighted by Gasteiger charge is -2.15. The molecule has 26 heavy (non-hydrogen) atoms. The molecular weight excluding hydrogens is 354 g/mol. The SMILES string of the molecule is Cc1cc(SCC(=O)NC(C)c2ccc(F)cc2F)nc2ccccc12. The number of nitrogens with one attached hydrogen (secondary N) is 1. The molecule has 1 N–H and O–H groups in total. The number of halogens is 2. The minimum atomic E-state index is -0.669. The number of pyridine rings is 1. The number of carbonyl (C=O) groups excluding carboxylic acids is 1. The van der Waals surface area contributed by atoms with Gasteiger partial charge < -0.3 is 5.32 Å². The van der Waals surface area contributed by atoms with Crippen molar-refractivity contribution in [2.75, 3.05) is 5.75 Å². The molecule has 0 aliphatic carbocycles. The number of rotatable bonds is 5. The lowest BCUT2D eigenvalue weighted by Crippen LogP contribution is -2.28. The Labute approximate surface area is 154 Å². The topological polar surface area (TPSA) is 42.0 Å². The van der Waals surface area contributed by atoms with Crippen molar-refractivity contribution < 1.29 is 13.6 Å². The van der Waals surface area contributed by atoms with Gasteiger partial charge in [0.1, 0.15) is 11.6 Å². The second kappa shape index (κ2) is 7.83. The average Bonchev–Trinajstić information content (AvgIpc) is 2.60. The van der Waals surface area contributed by atoms with Crippen molar-refractivity contribution in [1.82, 2.24) is 10.3 Å². The molecule has 6 heteroatoms. The highest BCUT2D eigenvalue weighted by atomic mass is 32.2. The highest BCUT2D eigenvalue weighted by Gasteiger charge is 2.15. The van der Waals surface area contributed by atoms with Crippen LogP contribution in [0, 0.1) is 18.6 Å². The van der Waals surface area contributed by atoms with Gasteiger partial charge >= 0.3 is 0 Å². The van der Waals surface area contributed by atoms with Crippen LogP contribution in [0.15, 0.2) is 53.6 Å². The lowest BCUT2D eigenvalue weighted by molar-refractivity contribution is -0.119. The van der Waals surface area contributed by atoms with E-state index in [1.54, 1.807) is 6.92 Å². The van der Waals surface area contributed by atoms with Crippen LogP contribution >= 0.6 is 11.8 Å². The molecule has 134 valence electrons. The summed E-state index contributed by atoms with van der Waals surface area (Å²) < 4.78 is 26.8. The van der Waals surface area contributed by atoms with Crippen LogP contribution < -0.4 is 5.32 Å². The van der Waals surface area contributed by atoms with Gasteiger partial charge in [-0.25, -0.2) is 13.8 Å². The fourth-order valence-electron chi connectivity index (χ4n) is 2.75. The van der Waals surface area contributed by atoms with E-state index in [0.29, 0.717) is 0 Å². The summed E-state index contributed by atoms with van der Waals surface area (Å²) in [6.07, 6.45) is 0. The van der Waals surface area contributed by atoms with Crippen LogP contribution in [0.1, 0.15) is 24.1 Å².